The molecule has 0 saturated carbocycles. The number of carbonyl (C=O) groups excluding carboxylic acids is 1. The summed E-state index contributed by atoms with van der Waals surface area (Å²) in [6.07, 6.45) is 0.238. The molecule has 1 amide bonds. The first-order valence-corrected chi connectivity index (χ1v) is 6.77. The number of hydrogen-bond acceptors (Lipinski definition) is 3. The molecule has 102 valence electrons. The zero-order chi connectivity index (χ0) is 14.2. The van der Waals surface area contributed by atoms with Crippen LogP contribution in [0.4, 0.5) is 0 Å². The molecular formula is C12H12BrClN2O3. The molecule has 7 heteroatoms. The monoisotopic (exact) mass is 346 g/mol. The molecule has 1 aliphatic rings. The third-order valence-corrected chi connectivity index (χ3v) is 3.98. The average Bonchev–Trinajstić information content (AvgIpc) is 2.73. The third kappa shape index (κ3) is 2.75. The number of aliphatic carboxylic acids is 1. The predicted octanol–water partition coefficient (Wildman–Crippen LogP) is 1.73. The van der Waals surface area contributed by atoms with Gasteiger partial charge in [0.15, 0.2) is 0 Å². The molecule has 1 unspecified atom stereocenters. The Morgan fingerprint density at radius 3 is 2.68 bits per heavy atom. The van der Waals surface area contributed by atoms with Crippen molar-refractivity contribution >= 4 is 39.4 Å². The van der Waals surface area contributed by atoms with E-state index >= 15 is 0 Å². The lowest BCUT2D eigenvalue weighted by Gasteiger charge is -2.20. The van der Waals surface area contributed by atoms with Crippen molar-refractivity contribution in [3.8, 4) is 0 Å². The van der Waals surface area contributed by atoms with Gasteiger partial charge < -0.3 is 15.7 Å². The average molecular weight is 348 g/mol. The van der Waals surface area contributed by atoms with Crippen LogP contribution in [-0.2, 0) is 4.79 Å². The van der Waals surface area contributed by atoms with Gasteiger partial charge in [0.1, 0.15) is 5.54 Å². The number of carboxylic acids is 1. The molecule has 1 fully saturated rings. The molecule has 0 aliphatic carbocycles. The number of benzene rings is 1. The minimum atomic E-state index is -1.36. The first kappa shape index (κ1) is 14.3. The summed E-state index contributed by atoms with van der Waals surface area (Å²) in [5, 5.41) is 9.36. The summed E-state index contributed by atoms with van der Waals surface area (Å²) in [5.41, 5.74) is 4.72. The molecule has 1 aliphatic heterocycles. The van der Waals surface area contributed by atoms with Crippen LogP contribution in [0.5, 0.6) is 0 Å². The number of nitrogens with zero attached hydrogens (tertiary/aromatic N) is 1. The molecule has 1 heterocycles. The Hall–Kier alpha value is -1.11. The first-order valence-electron chi connectivity index (χ1n) is 5.60. The van der Waals surface area contributed by atoms with Gasteiger partial charge in [-0.25, -0.2) is 0 Å². The van der Waals surface area contributed by atoms with Crippen LogP contribution in [0.25, 0.3) is 0 Å². The fraction of sp³-hybridized carbons (Fsp3) is 0.333. The van der Waals surface area contributed by atoms with Crippen molar-refractivity contribution in [1.82, 2.24) is 4.90 Å². The van der Waals surface area contributed by atoms with Gasteiger partial charge >= 0.3 is 5.97 Å². The van der Waals surface area contributed by atoms with Gasteiger partial charge in [-0.15, -0.1) is 0 Å². The van der Waals surface area contributed by atoms with Crippen molar-refractivity contribution < 1.29 is 14.7 Å². The number of likely N-dealkylation sites (tertiary alicyclic amines) is 1. The number of amides is 1. The van der Waals surface area contributed by atoms with Crippen LogP contribution in [0.1, 0.15) is 16.8 Å². The molecule has 3 N–H and O–H groups in total. The molecule has 1 atom stereocenters. The van der Waals surface area contributed by atoms with E-state index < -0.39 is 11.5 Å². The minimum Gasteiger partial charge on any atom is -0.480 e. The van der Waals surface area contributed by atoms with Gasteiger partial charge in [0.05, 0.1) is 10.6 Å². The Balaban J connectivity index is 2.20. The fourth-order valence-corrected chi connectivity index (χ4v) is 2.77. The molecule has 1 aromatic rings. The highest BCUT2D eigenvalue weighted by molar-refractivity contribution is 9.10. The van der Waals surface area contributed by atoms with Gasteiger partial charge in [-0.1, -0.05) is 27.5 Å². The van der Waals surface area contributed by atoms with Crippen LogP contribution in [0.2, 0.25) is 5.02 Å². The smallest absolute Gasteiger partial charge is 0.325 e. The molecule has 2 rings (SSSR count). The summed E-state index contributed by atoms with van der Waals surface area (Å²) < 4.78 is 0.772. The maximum atomic E-state index is 12.3. The summed E-state index contributed by atoms with van der Waals surface area (Å²) in [5.74, 6) is -1.39. The Morgan fingerprint density at radius 1 is 1.47 bits per heavy atom. The second-order valence-corrected chi connectivity index (χ2v) is 5.89. The van der Waals surface area contributed by atoms with E-state index in [1.165, 1.54) is 4.90 Å². The zero-order valence-corrected chi connectivity index (χ0v) is 12.2. The van der Waals surface area contributed by atoms with Crippen molar-refractivity contribution in [2.24, 2.45) is 5.73 Å². The van der Waals surface area contributed by atoms with E-state index in [-0.39, 0.29) is 18.9 Å². The van der Waals surface area contributed by atoms with Crippen molar-refractivity contribution in [2.75, 3.05) is 13.1 Å². The molecule has 1 saturated heterocycles. The van der Waals surface area contributed by atoms with Crippen LogP contribution in [0, 0.1) is 0 Å². The van der Waals surface area contributed by atoms with E-state index in [0.717, 1.165) is 4.47 Å². The van der Waals surface area contributed by atoms with Crippen molar-refractivity contribution in [2.45, 2.75) is 12.0 Å². The van der Waals surface area contributed by atoms with Gasteiger partial charge in [-0.3, -0.25) is 9.59 Å². The van der Waals surface area contributed by atoms with Crippen molar-refractivity contribution in [1.29, 1.82) is 0 Å². The molecule has 0 bridgehead atoms. The second kappa shape index (κ2) is 5.11. The summed E-state index contributed by atoms with van der Waals surface area (Å²) in [4.78, 5) is 24.7. The largest absolute Gasteiger partial charge is 0.480 e. The van der Waals surface area contributed by atoms with Gasteiger partial charge in [-0.05, 0) is 24.6 Å². The number of rotatable bonds is 2. The van der Waals surface area contributed by atoms with Gasteiger partial charge in [0.25, 0.3) is 5.91 Å². The van der Waals surface area contributed by atoms with E-state index in [4.69, 9.17) is 22.4 Å². The summed E-state index contributed by atoms with van der Waals surface area (Å²) >= 11 is 9.27. The number of hydrogen-bond donors (Lipinski definition) is 2. The lowest BCUT2D eigenvalue weighted by Crippen LogP contribution is -2.50. The quantitative estimate of drug-likeness (QED) is 0.853. The predicted molar refractivity (Wildman–Crippen MR) is 74.2 cm³/mol. The normalized spacial score (nSPS) is 22.6. The van der Waals surface area contributed by atoms with E-state index in [2.05, 4.69) is 15.9 Å². The third-order valence-electron chi connectivity index (χ3n) is 3.18. The van der Waals surface area contributed by atoms with Crippen molar-refractivity contribution in [3.63, 3.8) is 0 Å². The highest BCUT2D eigenvalue weighted by Crippen LogP contribution is 2.26. The SMILES string of the molecule is NC1(C(=O)O)CCN(C(=O)c2ccc(Br)cc2Cl)C1. The standard InChI is InChI=1S/C12H12BrClN2O3/c13-7-1-2-8(9(14)5-7)10(17)16-4-3-12(15,6-16)11(18)19/h1-2,5H,3-4,6,15H2,(H,18,19). The van der Waals surface area contributed by atoms with Gasteiger partial charge in [0.2, 0.25) is 0 Å². The molecule has 1 aromatic carbocycles. The van der Waals surface area contributed by atoms with Crippen LogP contribution >= 0.6 is 27.5 Å². The van der Waals surface area contributed by atoms with E-state index in [1.54, 1.807) is 18.2 Å². The van der Waals surface area contributed by atoms with Gasteiger partial charge in [-0.2, -0.15) is 0 Å². The van der Waals surface area contributed by atoms with Crippen LogP contribution in [0.15, 0.2) is 22.7 Å². The van der Waals surface area contributed by atoms with E-state index in [1.807, 2.05) is 0 Å². The minimum absolute atomic E-state index is 0.00639. The van der Waals surface area contributed by atoms with Crippen LogP contribution in [-0.4, -0.2) is 40.5 Å². The molecule has 19 heavy (non-hydrogen) atoms. The number of carboxylic acid groups (broad SMARTS) is 1. The molecule has 0 aromatic heterocycles. The summed E-state index contributed by atoms with van der Waals surface area (Å²) in [6.45, 7) is 0.307. The maximum absolute atomic E-state index is 12.3. The highest BCUT2D eigenvalue weighted by Gasteiger charge is 2.43. The highest BCUT2D eigenvalue weighted by atomic mass is 79.9. The zero-order valence-electron chi connectivity index (χ0n) is 9.90. The molecule has 0 spiro atoms. The Kier molecular flexibility index (Phi) is 3.85. The number of carbonyl (C=O) groups is 2. The van der Waals surface area contributed by atoms with Crippen molar-refractivity contribution in [3.05, 3.63) is 33.3 Å². The summed E-state index contributed by atoms with van der Waals surface area (Å²) in [6, 6.07) is 4.94. The second-order valence-electron chi connectivity index (χ2n) is 4.56. The van der Waals surface area contributed by atoms with E-state index in [0.29, 0.717) is 17.1 Å². The maximum Gasteiger partial charge on any atom is 0.325 e. The molecular weight excluding hydrogens is 336 g/mol. The number of halogens is 2. The number of nitrogens with two attached hydrogens (primary N) is 1. The Labute approximate surface area is 123 Å². The van der Waals surface area contributed by atoms with Gasteiger partial charge in [0, 0.05) is 17.6 Å². The van der Waals surface area contributed by atoms with Crippen LogP contribution < -0.4 is 5.73 Å². The first-order chi connectivity index (χ1) is 8.83. The Morgan fingerprint density at radius 2 is 2.16 bits per heavy atom. The summed E-state index contributed by atoms with van der Waals surface area (Å²) in [7, 11) is 0. The molecule has 0 radical (unpaired) electrons. The van der Waals surface area contributed by atoms with Crippen LogP contribution in [0.3, 0.4) is 0 Å². The lowest BCUT2D eigenvalue weighted by molar-refractivity contribution is -0.142. The molecule has 5 nitrogen and oxygen atoms in total. The topological polar surface area (TPSA) is 83.6 Å². The fourth-order valence-electron chi connectivity index (χ4n) is 2.01. The lowest BCUT2D eigenvalue weighted by atomic mass is 10.0. The Bertz CT molecular complexity index is 552. The van der Waals surface area contributed by atoms with E-state index in [9.17, 15) is 9.59 Å².